The number of tetrazole rings is 1. The first kappa shape index (κ1) is 19.9. The monoisotopic (exact) mass is 421 g/mol. The molecule has 1 aliphatic carbocycles. The van der Waals surface area contributed by atoms with E-state index >= 15 is 0 Å². The summed E-state index contributed by atoms with van der Waals surface area (Å²) in [5, 5.41) is 15.2. The second-order valence-electron chi connectivity index (χ2n) is 9.05. The number of nitrogens with zero attached hydrogens (tertiary/aromatic N) is 5. The summed E-state index contributed by atoms with van der Waals surface area (Å²) >= 11 is 1.83. The fourth-order valence-electron chi connectivity index (χ4n) is 5.54. The lowest BCUT2D eigenvalue weighted by molar-refractivity contribution is 0.0349. The lowest BCUT2D eigenvalue weighted by Gasteiger charge is -2.47. The van der Waals surface area contributed by atoms with Crippen molar-refractivity contribution in [2.45, 2.75) is 64.0 Å². The second kappa shape index (κ2) is 8.98. The van der Waals surface area contributed by atoms with Crippen LogP contribution in [0.5, 0.6) is 0 Å². The largest absolute Gasteiger partial charge is 0.288 e. The maximum Gasteiger partial charge on any atom is 0.173 e. The minimum Gasteiger partial charge on any atom is -0.288 e. The molecule has 0 N–H and O–H groups in total. The van der Waals surface area contributed by atoms with Gasteiger partial charge in [0.2, 0.25) is 0 Å². The number of benzene rings is 1. The van der Waals surface area contributed by atoms with Crippen LogP contribution in [0.4, 0.5) is 0 Å². The number of likely N-dealkylation sites (tertiary alicyclic amines) is 1. The Morgan fingerprint density at radius 1 is 0.967 bits per heavy atom. The molecule has 1 spiro atoms. The van der Waals surface area contributed by atoms with Gasteiger partial charge in [0.1, 0.15) is 6.04 Å². The Morgan fingerprint density at radius 2 is 1.80 bits per heavy atom. The molecule has 5 rings (SSSR count). The van der Waals surface area contributed by atoms with Gasteiger partial charge in [0.15, 0.2) is 5.82 Å². The zero-order chi connectivity index (χ0) is 20.2. The van der Waals surface area contributed by atoms with Crippen molar-refractivity contribution >= 4 is 11.3 Å². The highest BCUT2D eigenvalue weighted by Crippen LogP contribution is 2.46. The number of aryl methyl sites for hydroxylation is 2. The van der Waals surface area contributed by atoms with Gasteiger partial charge in [-0.2, -0.15) is 0 Å². The molecule has 158 valence electrons. The third kappa shape index (κ3) is 4.21. The molecule has 1 aromatic carbocycles. The van der Waals surface area contributed by atoms with Gasteiger partial charge in [0, 0.05) is 18.0 Å². The van der Waals surface area contributed by atoms with Crippen LogP contribution in [0.1, 0.15) is 67.3 Å². The van der Waals surface area contributed by atoms with Crippen LogP contribution in [0.15, 0.2) is 47.8 Å². The van der Waals surface area contributed by atoms with Crippen molar-refractivity contribution in [3.8, 4) is 0 Å². The predicted octanol–water partition coefficient (Wildman–Crippen LogP) is 5.11. The third-order valence-corrected chi connectivity index (χ3v) is 7.97. The van der Waals surface area contributed by atoms with Crippen molar-refractivity contribution in [3.63, 3.8) is 0 Å². The maximum atomic E-state index is 4.56. The van der Waals surface area contributed by atoms with Gasteiger partial charge >= 0.3 is 0 Å². The topological polar surface area (TPSA) is 46.8 Å². The SMILES string of the molecule is c1ccc(CCn2nnnc2[C@H](c2cccs2)N2CCCC3(CCCCC3)C2)cc1. The lowest BCUT2D eigenvalue weighted by atomic mass is 9.69. The van der Waals surface area contributed by atoms with Crippen molar-refractivity contribution in [1.29, 1.82) is 0 Å². The minimum atomic E-state index is 0.162. The van der Waals surface area contributed by atoms with Crippen LogP contribution < -0.4 is 0 Å². The summed E-state index contributed by atoms with van der Waals surface area (Å²) < 4.78 is 2.04. The highest BCUT2D eigenvalue weighted by atomic mass is 32.1. The summed E-state index contributed by atoms with van der Waals surface area (Å²) in [4.78, 5) is 4.05. The zero-order valence-corrected chi connectivity index (χ0v) is 18.4. The lowest BCUT2D eigenvalue weighted by Crippen LogP contribution is -2.46. The summed E-state index contributed by atoms with van der Waals surface area (Å²) in [6.07, 6.45) is 10.6. The highest BCUT2D eigenvalue weighted by molar-refractivity contribution is 7.10. The molecular weight excluding hydrogens is 390 g/mol. The van der Waals surface area contributed by atoms with Crippen molar-refractivity contribution in [3.05, 3.63) is 64.1 Å². The van der Waals surface area contributed by atoms with E-state index in [2.05, 4.69) is 68.3 Å². The van der Waals surface area contributed by atoms with E-state index < -0.39 is 0 Å². The van der Waals surface area contributed by atoms with Gasteiger partial charge in [-0.3, -0.25) is 4.90 Å². The molecule has 3 heterocycles. The molecule has 1 saturated heterocycles. The zero-order valence-electron chi connectivity index (χ0n) is 17.6. The van der Waals surface area contributed by atoms with Gasteiger partial charge < -0.3 is 0 Å². The van der Waals surface area contributed by atoms with E-state index in [9.17, 15) is 0 Å². The van der Waals surface area contributed by atoms with Gasteiger partial charge in [-0.05, 0) is 71.5 Å². The Labute approximate surface area is 183 Å². The van der Waals surface area contributed by atoms with Crippen LogP contribution in [0.3, 0.4) is 0 Å². The third-order valence-electron chi connectivity index (χ3n) is 7.04. The summed E-state index contributed by atoms with van der Waals surface area (Å²) in [5.41, 5.74) is 1.83. The van der Waals surface area contributed by atoms with Gasteiger partial charge in [-0.15, -0.1) is 16.4 Å². The molecule has 6 heteroatoms. The smallest absolute Gasteiger partial charge is 0.173 e. The van der Waals surface area contributed by atoms with Crippen molar-refractivity contribution < 1.29 is 0 Å². The van der Waals surface area contributed by atoms with Crippen LogP contribution in [-0.4, -0.2) is 38.2 Å². The molecule has 5 nitrogen and oxygen atoms in total. The molecular formula is C24H31N5S. The number of thiophene rings is 1. The maximum absolute atomic E-state index is 4.56. The van der Waals surface area contributed by atoms with Crippen LogP contribution in [0.25, 0.3) is 0 Å². The molecule has 1 aliphatic heterocycles. The molecule has 3 aromatic rings. The molecule has 0 bridgehead atoms. The average Bonchev–Trinajstić information content (AvgIpc) is 3.47. The standard InChI is InChI=1S/C24H31N5S/c1-3-9-20(10-4-1)12-17-29-23(25-26-27-29)22(21-11-7-18-30-21)28-16-8-15-24(19-28)13-5-2-6-14-24/h1,3-4,7,9-11,18,22H,2,5-6,8,12-17,19H2/t22-/m0/s1. The fraction of sp³-hybridized carbons (Fsp3) is 0.542. The fourth-order valence-corrected chi connectivity index (χ4v) is 6.39. The Bertz CT molecular complexity index is 909. The van der Waals surface area contributed by atoms with E-state index in [0.717, 1.165) is 25.3 Å². The highest BCUT2D eigenvalue weighted by Gasteiger charge is 2.40. The average molecular weight is 422 g/mol. The molecule has 0 amide bonds. The number of hydrogen-bond acceptors (Lipinski definition) is 5. The first-order chi connectivity index (χ1) is 14.8. The Balaban J connectivity index is 1.41. The molecule has 1 saturated carbocycles. The quantitative estimate of drug-likeness (QED) is 0.555. The van der Waals surface area contributed by atoms with Crippen LogP contribution >= 0.6 is 11.3 Å². The Morgan fingerprint density at radius 3 is 2.60 bits per heavy atom. The summed E-state index contributed by atoms with van der Waals surface area (Å²) in [6, 6.07) is 15.2. The van der Waals surface area contributed by atoms with Crippen LogP contribution in [0.2, 0.25) is 0 Å². The molecule has 2 aliphatic rings. The number of aromatic nitrogens is 4. The number of hydrogen-bond donors (Lipinski definition) is 0. The van der Waals surface area contributed by atoms with Gasteiger partial charge in [0.05, 0.1) is 0 Å². The summed E-state index contributed by atoms with van der Waals surface area (Å²) in [6.45, 7) is 3.13. The first-order valence-corrected chi connectivity index (χ1v) is 12.3. The van der Waals surface area contributed by atoms with E-state index in [1.807, 2.05) is 16.0 Å². The molecule has 0 unspecified atom stereocenters. The van der Waals surface area contributed by atoms with E-state index in [1.165, 1.54) is 61.9 Å². The first-order valence-electron chi connectivity index (χ1n) is 11.4. The van der Waals surface area contributed by atoms with Crippen LogP contribution in [0, 0.1) is 5.41 Å². The van der Waals surface area contributed by atoms with Gasteiger partial charge in [-0.1, -0.05) is 55.7 Å². The van der Waals surface area contributed by atoms with Crippen molar-refractivity contribution in [1.82, 2.24) is 25.1 Å². The number of piperidine rings is 1. The van der Waals surface area contributed by atoms with Crippen molar-refractivity contribution in [2.75, 3.05) is 13.1 Å². The van der Waals surface area contributed by atoms with Gasteiger partial charge in [-0.25, -0.2) is 4.68 Å². The summed E-state index contributed by atoms with van der Waals surface area (Å²) in [5.74, 6) is 1.00. The molecule has 1 atom stereocenters. The molecule has 30 heavy (non-hydrogen) atoms. The Kier molecular flexibility index (Phi) is 5.95. The van der Waals surface area contributed by atoms with E-state index in [-0.39, 0.29) is 6.04 Å². The Hall–Kier alpha value is -2.05. The molecule has 2 fully saturated rings. The van der Waals surface area contributed by atoms with E-state index in [0.29, 0.717) is 5.41 Å². The predicted molar refractivity (Wildman–Crippen MR) is 120 cm³/mol. The van der Waals surface area contributed by atoms with Gasteiger partial charge in [0.25, 0.3) is 0 Å². The summed E-state index contributed by atoms with van der Waals surface area (Å²) in [7, 11) is 0. The molecule has 0 radical (unpaired) electrons. The van der Waals surface area contributed by atoms with E-state index in [1.54, 1.807) is 0 Å². The van der Waals surface area contributed by atoms with E-state index in [4.69, 9.17) is 0 Å². The molecule has 2 aromatic heterocycles. The van der Waals surface area contributed by atoms with Crippen LogP contribution in [-0.2, 0) is 13.0 Å². The number of rotatable bonds is 6. The van der Waals surface area contributed by atoms with Crippen molar-refractivity contribution in [2.24, 2.45) is 5.41 Å². The normalized spacial score (nSPS) is 20.4. The second-order valence-corrected chi connectivity index (χ2v) is 10.0. The minimum absolute atomic E-state index is 0.162.